The van der Waals surface area contributed by atoms with E-state index in [1.54, 1.807) is 19.1 Å². The fraction of sp³-hybridized carbons (Fsp3) is 0.500. The maximum Gasteiger partial charge on any atom is 0.234 e. The van der Waals surface area contributed by atoms with Crippen molar-refractivity contribution < 1.29 is 19.4 Å². The third-order valence-corrected chi connectivity index (χ3v) is 8.07. The Morgan fingerprint density at radius 2 is 1.87 bits per heavy atom. The van der Waals surface area contributed by atoms with E-state index in [9.17, 15) is 14.7 Å². The Morgan fingerprint density at radius 1 is 1.10 bits per heavy atom. The summed E-state index contributed by atoms with van der Waals surface area (Å²) in [6, 6.07) is 10.7. The molecule has 0 radical (unpaired) electrons. The Morgan fingerprint density at radius 3 is 2.62 bits per heavy atom. The van der Waals surface area contributed by atoms with E-state index in [1.807, 2.05) is 24.3 Å². The van der Waals surface area contributed by atoms with Crippen LogP contribution in [0.15, 0.2) is 36.4 Å². The summed E-state index contributed by atoms with van der Waals surface area (Å²) in [4.78, 5) is 30.5. The number of piperazine rings is 1. The van der Waals surface area contributed by atoms with Gasteiger partial charge in [0.2, 0.25) is 11.8 Å². The smallest absolute Gasteiger partial charge is 0.234 e. The van der Waals surface area contributed by atoms with Gasteiger partial charge in [0.1, 0.15) is 5.75 Å². The molecular formula is C28H37Cl2N5O4. The van der Waals surface area contributed by atoms with Crippen LogP contribution in [0.1, 0.15) is 31.7 Å². The second-order valence-electron chi connectivity index (χ2n) is 9.99. The van der Waals surface area contributed by atoms with Crippen molar-refractivity contribution in [2.75, 3.05) is 55.7 Å². The van der Waals surface area contributed by atoms with Gasteiger partial charge in [-0.3, -0.25) is 19.4 Å². The van der Waals surface area contributed by atoms with Gasteiger partial charge in [-0.2, -0.15) is 0 Å². The van der Waals surface area contributed by atoms with Crippen LogP contribution in [0.2, 0.25) is 10.0 Å². The predicted molar refractivity (Wildman–Crippen MR) is 155 cm³/mol. The number of benzene rings is 2. The van der Waals surface area contributed by atoms with Crippen molar-refractivity contribution in [2.45, 2.75) is 44.9 Å². The minimum Gasteiger partial charge on any atom is -0.494 e. The maximum atomic E-state index is 12.7. The number of aliphatic hydroxyl groups is 1. The lowest BCUT2D eigenvalue weighted by atomic mass is 9.99. The van der Waals surface area contributed by atoms with E-state index in [0.29, 0.717) is 40.9 Å². The van der Waals surface area contributed by atoms with Crippen molar-refractivity contribution in [3.8, 4) is 5.75 Å². The van der Waals surface area contributed by atoms with Crippen LogP contribution in [0.3, 0.4) is 0 Å². The summed E-state index contributed by atoms with van der Waals surface area (Å²) in [5.41, 5.74) is 7.93. The molecular weight excluding hydrogens is 541 g/mol. The number of aryl methyl sites for hydroxylation is 1. The Kier molecular flexibility index (Phi) is 10.3. The van der Waals surface area contributed by atoms with E-state index in [0.717, 1.165) is 56.8 Å². The molecule has 2 unspecified atom stereocenters. The molecule has 0 aromatic heterocycles. The molecule has 1 fully saturated rings. The normalized spacial score (nSPS) is 17.5. The summed E-state index contributed by atoms with van der Waals surface area (Å²) in [7, 11) is 0. The zero-order valence-corrected chi connectivity index (χ0v) is 23.8. The van der Waals surface area contributed by atoms with Gasteiger partial charge in [0.15, 0.2) is 6.23 Å². The van der Waals surface area contributed by atoms with Gasteiger partial charge in [0, 0.05) is 38.7 Å². The van der Waals surface area contributed by atoms with Gasteiger partial charge in [-0.1, -0.05) is 35.3 Å². The van der Waals surface area contributed by atoms with E-state index >= 15 is 0 Å². The molecule has 4 rings (SSSR count). The Balaban J connectivity index is 1.24. The minimum absolute atomic E-state index is 0.187. The number of hydrogen-bond donors (Lipinski definition) is 3. The molecule has 2 aliphatic heterocycles. The topological polar surface area (TPSA) is 111 Å². The molecule has 4 N–H and O–H groups in total. The first kappa shape index (κ1) is 29.4. The van der Waals surface area contributed by atoms with Gasteiger partial charge in [-0.15, -0.1) is 0 Å². The number of nitrogens with zero attached hydrogens (tertiary/aromatic N) is 3. The van der Waals surface area contributed by atoms with Crippen molar-refractivity contribution in [1.82, 2.24) is 10.2 Å². The van der Waals surface area contributed by atoms with Crippen LogP contribution >= 0.6 is 23.2 Å². The number of halogens is 2. The zero-order chi connectivity index (χ0) is 27.9. The van der Waals surface area contributed by atoms with E-state index in [-0.39, 0.29) is 12.5 Å². The average Bonchev–Trinajstić information content (AvgIpc) is 2.94. The van der Waals surface area contributed by atoms with E-state index in [4.69, 9.17) is 33.7 Å². The lowest BCUT2D eigenvalue weighted by Crippen LogP contribution is -2.54. The SMILES string of the molecule is CC(NC(=O)CN)C(O)N1C(=O)CCc2ccc(OCCCCN3CCN(c4cccc(Cl)c4Cl)CC3)cc21. The monoisotopic (exact) mass is 577 g/mol. The molecule has 212 valence electrons. The van der Waals surface area contributed by atoms with Crippen molar-refractivity contribution in [3.63, 3.8) is 0 Å². The highest BCUT2D eigenvalue weighted by molar-refractivity contribution is 6.43. The molecule has 2 amide bonds. The molecule has 0 aliphatic carbocycles. The fourth-order valence-electron chi connectivity index (χ4n) is 5.04. The number of nitrogens with one attached hydrogen (secondary N) is 1. The third-order valence-electron chi connectivity index (χ3n) is 7.26. The van der Waals surface area contributed by atoms with Gasteiger partial charge >= 0.3 is 0 Å². The second-order valence-corrected chi connectivity index (χ2v) is 10.8. The summed E-state index contributed by atoms with van der Waals surface area (Å²) in [6.07, 6.45) is 1.58. The van der Waals surface area contributed by atoms with Crippen molar-refractivity contribution in [1.29, 1.82) is 0 Å². The van der Waals surface area contributed by atoms with Crippen LogP contribution in [0.4, 0.5) is 11.4 Å². The number of aliphatic hydroxyl groups excluding tert-OH is 1. The molecule has 2 atom stereocenters. The molecule has 39 heavy (non-hydrogen) atoms. The van der Waals surface area contributed by atoms with Gasteiger partial charge in [-0.05, 0) is 56.5 Å². The zero-order valence-electron chi connectivity index (χ0n) is 22.2. The molecule has 2 heterocycles. The van der Waals surface area contributed by atoms with E-state index in [1.165, 1.54) is 4.90 Å². The molecule has 1 saturated heterocycles. The summed E-state index contributed by atoms with van der Waals surface area (Å²) >= 11 is 12.6. The Bertz CT molecular complexity index is 1160. The van der Waals surface area contributed by atoms with Crippen molar-refractivity contribution in [3.05, 3.63) is 52.0 Å². The summed E-state index contributed by atoms with van der Waals surface area (Å²) in [6.45, 7) is 6.74. The number of carbonyl (C=O) groups excluding carboxylic acids is 2. The number of carbonyl (C=O) groups is 2. The summed E-state index contributed by atoms with van der Waals surface area (Å²) < 4.78 is 6.01. The summed E-state index contributed by atoms with van der Waals surface area (Å²) in [5, 5.41) is 14.7. The first-order valence-electron chi connectivity index (χ1n) is 13.4. The molecule has 2 aromatic rings. The lowest BCUT2D eigenvalue weighted by Gasteiger charge is -2.36. The maximum absolute atomic E-state index is 12.7. The predicted octanol–water partition coefficient (Wildman–Crippen LogP) is 3.04. The Labute approximate surface area is 239 Å². The molecule has 0 spiro atoms. The van der Waals surface area contributed by atoms with Crippen LogP contribution < -0.4 is 25.6 Å². The molecule has 2 aromatic carbocycles. The third kappa shape index (κ3) is 7.35. The Hall–Kier alpha value is -2.56. The first-order valence-corrected chi connectivity index (χ1v) is 14.2. The van der Waals surface area contributed by atoms with Gasteiger partial charge < -0.3 is 25.8 Å². The largest absolute Gasteiger partial charge is 0.494 e. The van der Waals surface area contributed by atoms with Gasteiger partial charge in [0.05, 0.1) is 40.6 Å². The molecule has 0 bridgehead atoms. The highest BCUT2D eigenvalue weighted by Gasteiger charge is 2.33. The molecule has 9 nitrogen and oxygen atoms in total. The van der Waals surface area contributed by atoms with Gasteiger partial charge in [0.25, 0.3) is 0 Å². The highest BCUT2D eigenvalue weighted by atomic mass is 35.5. The minimum atomic E-state index is -1.21. The first-order chi connectivity index (χ1) is 18.8. The number of anilines is 2. The van der Waals surface area contributed by atoms with E-state index in [2.05, 4.69) is 15.1 Å². The number of amides is 2. The lowest BCUT2D eigenvalue weighted by molar-refractivity contribution is -0.124. The molecule has 0 saturated carbocycles. The van der Waals surface area contributed by atoms with Crippen molar-refractivity contribution in [2.24, 2.45) is 5.73 Å². The number of hydrogen-bond acceptors (Lipinski definition) is 7. The molecule has 2 aliphatic rings. The number of fused-ring (bicyclic) bond motifs is 1. The van der Waals surface area contributed by atoms with Crippen LogP contribution in [0, 0.1) is 0 Å². The van der Waals surface area contributed by atoms with Crippen LogP contribution in [-0.4, -0.2) is 80.0 Å². The van der Waals surface area contributed by atoms with Gasteiger partial charge in [-0.25, -0.2) is 0 Å². The highest BCUT2D eigenvalue weighted by Crippen LogP contribution is 2.34. The van der Waals surface area contributed by atoms with Crippen molar-refractivity contribution >= 4 is 46.4 Å². The quantitative estimate of drug-likeness (QED) is 0.352. The van der Waals surface area contributed by atoms with Crippen LogP contribution in [0.25, 0.3) is 0 Å². The van der Waals surface area contributed by atoms with E-state index < -0.39 is 18.2 Å². The standard InChI is InChI=1S/C28H37Cl2N5O4/c1-19(32-25(36)18-31)28(38)35-24-17-21(9-7-20(24)8-10-26(35)37)39-16-3-2-11-33-12-14-34(15-13-33)23-6-4-5-22(29)27(23)30/h4-7,9,17,19,28,38H,2-3,8,10-16,18,31H2,1H3,(H,32,36). The number of ether oxygens (including phenoxy) is 1. The summed E-state index contributed by atoms with van der Waals surface area (Å²) in [5.74, 6) is 0.0562. The number of rotatable bonds is 11. The van der Waals surface area contributed by atoms with Crippen LogP contribution in [0.5, 0.6) is 5.75 Å². The van der Waals surface area contributed by atoms with Crippen LogP contribution in [-0.2, 0) is 16.0 Å². The molecule has 11 heteroatoms. The average molecular weight is 579 g/mol. The number of nitrogens with two attached hydrogens (primary N) is 1. The number of unbranched alkanes of at least 4 members (excludes halogenated alkanes) is 1. The fourth-order valence-corrected chi connectivity index (χ4v) is 5.46. The second kappa shape index (κ2) is 13.7.